The van der Waals surface area contributed by atoms with Crippen LogP contribution >= 0.6 is 0 Å². The topological polar surface area (TPSA) is 64.7 Å². The second kappa shape index (κ2) is 4.77. The average Bonchev–Trinajstić information content (AvgIpc) is 2.17. The van der Waals surface area contributed by atoms with Crippen molar-refractivity contribution in [3.8, 4) is 0 Å². The van der Waals surface area contributed by atoms with Crippen LogP contribution in [0.15, 0.2) is 0 Å². The van der Waals surface area contributed by atoms with Gasteiger partial charge in [0.2, 0.25) is 0 Å². The van der Waals surface area contributed by atoms with Crippen molar-refractivity contribution < 1.29 is 14.6 Å². The lowest BCUT2D eigenvalue weighted by Crippen LogP contribution is -2.44. The first-order valence-corrected chi connectivity index (χ1v) is 4.32. The highest BCUT2D eigenvalue weighted by Crippen LogP contribution is 2.20. The van der Waals surface area contributed by atoms with Gasteiger partial charge in [-0.2, -0.15) is 0 Å². The summed E-state index contributed by atoms with van der Waals surface area (Å²) in [4.78, 5) is 0. The van der Waals surface area contributed by atoms with E-state index in [-0.39, 0.29) is 25.0 Å². The van der Waals surface area contributed by atoms with Crippen molar-refractivity contribution in [3.63, 3.8) is 0 Å². The first-order chi connectivity index (χ1) is 5.77. The maximum atomic E-state index is 8.80. The maximum absolute atomic E-state index is 8.80. The standard InChI is InChI=1S/C8H17NO3/c1-11-8-4-2-3-7(12-8)6(9)5-10/h6-8,10H,2-5,9H2,1H3/t6?,7?,8-/m0/s1. The summed E-state index contributed by atoms with van der Waals surface area (Å²) < 4.78 is 10.5. The smallest absolute Gasteiger partial charge is 0.157 e. The van der Waals surface area contributed by atoms with Crippen LogP contribution in [0.4, 0.5) is 0 Å². The number of rotatable bonds is 3. The maximum Gasteiger partial charge on any atom is 0.157 e. The Balaban J connectivity index is 2.34. The molecule has 1 fully saturated rings. The van der Waals surface area contributed by atoms with Gasteiger partial charge < -0.3 is 20.3 Å². The molecule has 0 aromatic heterocycles. The number of nitrogens with two attached hydrogens (primary N) is 1. The molecule has 0 amide bonds. The van der Waals surface area contributed by atoms with Crippen LogP contribution in [0, 0.1) is 0 Å². The molecule has 72 valence electrons. The summed E-state index contributed by atoms with van der Waals surface area (Å²) in [5, 5.41) is 8.80. The molecule has 1 rings (SSSR count). The number of hydrogen-bond donors (Lipinski definition) is 2. The van der Waals surface area contributed by atoms with E-state index in [1.54, 1.807) is 7.11 Å². The van der Waals surface area contributed by atoms with Crippen LogP contribution in [-0.4, -0.2) is 37.3 Å². The molecule has 0 aromatic rings. The van der Waals surface area contributed by atoms with Crippen LogP contribution in [0.1, 0.15) is 19.3 Å². The van der Waals surface area contributed by atoms with Crippen LogP contribution in [0.25, 0.3) is 0 Å². The highest BCUT2D eigenvalue weighted by molar-refractivity contribution is 4.76. The Morgan fingerprint density at radius 3 is 3.00 bits per heavy atom. The minimum absolute atomic E-state index is 0.0267. The quantitative estimate of drug-likeness (QED) is 0.626. The molecule has 0 aromatic carbocycles. The van der Waals surface area contributed by atoms with Crippen LogP contribution in [0.5, 0.6) is 0 Å². The summed E-state index contributed by atoms with van der Waals surface area (Å²) in [5.41, 5.74) is 5.63. The Bertz CT molecular complexity index is 129. The lowest BCUT2D eigenvalue weighted by Gasteiger charge is -2.31. The minimum Gasteiger partial charge on any atom is -0.395 e. The molecule has 3 N–H and O–H groups in total. The predicted molar refractivity (Wildman–Crippen MR) is 44.6 cm³/mol. The van der Waals surface area contributed by atoms with Crippen LogP contribution in [0.2, 0.25) is 0 Å². The van der Waals surface area contributed by atoms with Gasteiger partial charge in [0, 0.05) is 7.11 Å². The molecule has 1 aliphatic heterocycles. The van der Waals surface area contributed by atoms with Gasteiger partial charge in [-0.05, 0) is 19.3 Å². The van der Waals surface area contributed by atoms with E-state index >= 15 is 0 Å². The molecule has 0 bridgehead atoms. The van der Waals surface area contributed by atoms with Crippen molar-refractivity contribution in [2.45, 2.75) is 37.7 Å². The molecule has 12 heavy (non-hydrogen) atoms. The number of hydrogen-bond acceptors (Lipinski definition) is 4. The van der Waals surface area contributed by atoms with E-state index in [0.29, 0.717) is 0 Å². The third kappa shape index (κ3) is 2.42. The van der Waals surface area contributed by atoms with Crippen molar-refractivity contribution in [2.24, 2.45) is 5.73 Å². The molecule has 3 atom stereocenters. The molecule has 0 spiro atoms. The summed E-state index contributed by atoms with van der Waals surface area (Å²) >= 11 is 0. The monoisotopic (exact) mass is 175 g/mol. The Morgan fingerprint density at radius 1 is 1.67 bits per heavy atom. The van der Waals surface area contributed by atoms with Crippen molar-refractivity contribution in [3.05, 3.63) is 0 Å². The highest BCUT2D eigenvalue weighted by Gasteiger charge is 2.26. The second-order valence-corrected chi connectivity index (χ2v) is 3.12. The molecular weight excluding hydrogens is 158 g/mol. The Hall–Kier alpha value is -0.160. The highest BCUT2D eigenvalue weighted by atomic mass is 16.7. The summed E-state index contributed by atoms with van der Waals surface area (Å²) in [6, 6.07) is -0.275. The first-order valence-electron chi connectivity index (χ1n) is 4.32. The van der Waals surface area contributed by atoms with E-state index in [4.69, 9.17) is 20.3 Å². The van der Waals surface area contributed by atoms with E-state index in [1.165, 1.54) is 0 Å². The zero-order chi connectivity index (χ0) is 8.97. The number of ether oxygens (including phenoxy) is 2. The normalized spacial score (nSPS) is 33.2. The lowest BCUT2D eigenvalue weighted by atomic mass is 10.0. The van der Waals surface area contributed by atoms with Crippen molar-refractivity contribution in [1.82, 2.24) is 0 Å². The Kier molecular flexibility index (Phi) is 3.94. The molecule has 4 heteroatoms. The molecule has 0 radical (unpaired) electrons. The van der Waals surface area contributed by atoms with Gasteiger partial charge in [0.05, 0.1) is 18.8 Å². The van der Waals surface area contributed by atoms with E-state index in [2.05, 4.69) is 0 Å². The first kappa shape index (κ1) is 9.92. The van der Waals surface area contributed by atoms with Gasteiger partial charge >= 0.3 is 0 Å². The van der Waals surface area contributed by atoms with Crippen molar-refractivity contribution >= 4 is 0 Å². The van der Waals surface area contributed by atoms with E-state index < -0.39 is 0 Å². The minimum atomic E-state index is -0.275. The van der Waals surface area contributed by atoms with Crippen LogP contribution in [-0.2, 0) is 9.47 Å². The number of methoxy groups -OCH3 is 1. The van der Waals surface area contributed by atoms with Gasteiger partial charge in [0.15, 0.2) is 6.29 Å². The molecule has 1 heterocycles. The lowest BCUT2D eigenvalue weighted by molar-refractivity contribution is -0.186. The summed E-state index contributed by atoms with van der Waals surface area (Å²) in [6.45, 7) is -0.0267. The summed E-state index contributed by atoms with van der Waals surface area (Å²) in [7, 11) is 1.62. The fourth-order valence-electron chi connectivity index (χ4n) is 1.42. The summed E-state index contributed by atoms with van der Waals surface area (Å²) in [6.07, 6.45) is 2.71. The molecule has 4 nitrogen and oxygen atoms in total. The van der Waals surface area contributed by atoms with Gasteiger partial charge in [-0.1, -0.05) is 0 Å². The molecule has 0 saturated carbocycles. The van der Waals surface area contributed by atoms with E-state index in [1.807, 2.05) is 0 Å². The molecule has 2 unspecified atom stereocenters. The number of aliphatic hydroxyl groups excluding tert-OH is 1. The van der Waals surface area contributed by atoms with Gasteiger partial charge in [-0.15, -0.1) is 0 Å². The zero-order valence-electron chi connectivity index (χ0n) is 7.40. The second-order valence-electron chi connectivity index (χ2n) is 3.12. The van der Waals surface area contributed by atoms with Crippen molar-refractivity contribution in [2.75, 3.05) is 13.7 Å². The molecular formula is C8H17NO3. The zero-order valence-corrected chi connectivity index (χ0v) is 7.40. The summed E-state index contributed by atoms with van der Waals surface area (Å²) in [5.74, 6) is 0. The van der Waals surface area contributed by atoms with Crippen LogP contribution < -0.4 is 5.73 Å². The number of aliphatic hydroxyl groups is 1. The third-order valence-corrected chi connectivity index (χ3v) is 2.21. The Morgan fingerprint density at radius 2 is 2.42 bits per heavy atom. The Labute approximate surface area is 72.6 Å². The third-order valence-electron chi connectivity index (χ3n) is 2.21. The fraction of sp³-hybridized carbons (Fsp3) is 1.00. The predicted octanol–water partition coefficient (Wildman–Crippen LogP) is -0.152. The van der Waals surface area contributed by atoms with E-state index in [0.717, 1.165) is 19.3 Å². The fourth-order valence-corrected chi connectivity index (χ4v) is 1.42. The van der Waals surface area contributed by atoms with Gasteiger partial charge in [-0.25, -0.2) is 0 Å². The average molecular weight is 175 g/mol. The largest absolute Gasteiger partial charge is 0.395 e. The van der Waals surface area contributed by atoms with Gasteiger partial charge in [-0.3, -0.25) is 0 Å². The molecule has 1 saturated heterocycles. The van der Waals surface area contributed by atoms with Crippen molar-refractivity contribution in [1.29, 1.82) is 0 Å². The van der Waals surface area contributed by atoms with Gasteiger partial charge in [0.1, 0.15) is 0 Å². The van der Waals surface area contributed by atoms with Crippen LogP contribution in [0.3, 0.4) is 0 Å². The molecule has 0 aliphatic carbocycles. The van der Waals surface area contributed by atoms with E-state index in [9.17, 15) is 0 Å². The SMILES string of the molecule is CO[C@@H]1CCCC(C(N)CO)O1. The van der Waals surface area contributed by atoms with Gasteiger partial charge in [0.25, 0.3) is 0 Å². The molecule has 1 aliphatic rings.